The van der Waals surface area contributed by atoms with E-state index in [-0.39, 0.29) is 5.92 Å². The van der Waals surface area contributed by atoms with Crippen LogP contribution in [0.15, 0.2) is 18.2 Å². The van der Waals surface area contributed by atoms with Crippen molar-refractivity contribution in [3.8, 4) is 11.5 Å². The van der Waals surface area contributed by atoms with Crippen molar-refractivity contribution in [3.63, 3.8) is 0 Å². The van der Waals surface area contributed by atoms with Crippen LogP contribution in [0.4, 0.5) is 4.79 Å². The molecule has 0 spiro atoms. The SMILES string of the molecule is CC(C)CNC(=O)NC(=O)COC(=O)/C=C/c1cc(Cl)c2c(c1)OCCCO2. The van der Waals surface area contributed by atoms with Gasteiger partial charge in [-0.25, -0.2) is 9.59 Å². The summed E-state index contributed by atoms with van der Waals surface area (Å²) in [5, 5.41) is 4.97. The molecule has 0 fully saturated rings. The van der Waals surface area contributed by atoms with Crippen molar-refractivity contribution < 1.29 is 28.6 Å². The van der Waals surface area contributed by atoms with Crippen LogP contribution in [0.5, 0.6) is 11.5 Å². The van der Waals surface area contributed by atoms with Gasteiger partial charge in [0.15, 0.2) is 18.1 Å². The molecule has 0 unspecified atom stereocenters. The monoisotopic (exact) mass is 410 g/mol. The minimum absolute atomic E-state index is 0.252. The maximum atomic E-state index is 11.8. The van der Waals surface area contributed by atoms with E-state index in [4.69, 9.17) is 25.8 Å². The molecule has 9 heteroatoms. The fraction of sp³-hybridized carbons (Fsp3) is 0.421. The van der Waals surface area contributed by atoms with Gasteiger partial charge in [-0.2, -0.15) is 0 Å². The van der Waals surface area contributed by atoms with Gasteiger partial charge < -0.3 is 19.5 Å². The van der Waals surface area contributed by atoms with Crippen molar-refractivity contribution in [3.05, 3.63) is 28.8 Å². The van der Waals surface area contributed by atoms with E-state index in [1.807, 2.05) is 13.8 Å². The molecule has 2 N–H and O–H groups in total. The Morgan fingerprint density at radius 1 is 1.25 bits per heavy atom. The molecule has 2 rings (SSSR count). The Morgan fingerprint density at radius 2 is 2.00 bits per heavy atom. The van der Waals surface area contributed by atoms with Gasteiger partial charge in [0.1, 0.15) is 0 Å². The zero-order valence-corrected chi connectivity index (χ0v) is 16.5. The number of urea groups is 1. The van der Waals surface area contributed by atoms with E-state index in [1.165, 1.54) is 6.08 Å². The van der Waals surface area contributed by atoms with Gasteiger partial charge >= 0.3 is 12.0 Å². The standard InChI is InChI=1S/C19H23ClN2O6/c1-12(2)10-21-19(25)22-16(23)11-28-17(24)5-4-13-8-14(20)18-15(9-13)26-6-3-7-27-18/h4-5,8-9,12H,3,6-7,10-11H2,1-2H3,(H2,21,22,23,25)/b5-4+. The van der Waals surface area contributed by atoms with Crippen molar-refractivity contribution in [2.45, 2.75) is 20.3 Å². The van der Waals surface area contributed by atoms with E-state index in [1.54, 1.807) is 12.1 Å². The lowest BCUT2D eigenvalue weighted by molar-refractivity contribution is -0.143. The largest absolute Gasteiger partial charge is 0.489 e. The lowest BCUT2D eigenvalue weighted by atomic mass is 10.2. The molecule has 0 bridgehead atoms. The van der Waals surface area contributed by atoms with Gasteiger partial charge in [0.25, 0.3) is 5.91 Å². The van der Waals surface area contributed by atoms with Crippen molar-refractivity contribution in [1.29, 1.82) is 0 Å². The summed E-state index contributed by atoms with van der Waals surface area (Å²) in [7, 11) is 0. The first-order chi connectivity index (χ1) is 13.3. The van der Waals surface area contributed by atoms with E-state index in [0.717, 1.165) is 12.5 Å². The highest BCUT2D eigenvalue weighted by molar-refractivity contribution is 6.32. The van der Waals surface area contributed by atoms with Crippen LogP contribution in [-0.4, -0.2) is 44.3 Å². The number of esters is 1. The van der Waals surface area contributed by atoms with E-state index < -0.39 is 24.5 Å². The van der Waals surface area contributed by atoms with Crippen molar-refractivity contribution >= 4 is 35.6 Å². The molecule has 152 valence electrons. The number of rotatable bonds is 6. The smallest absolute Gasteiger partial charge is 0.331 e. The second-order valence-corrected chi connectivity index (χ2v) is 6.88. The number of halogens is 1. The predicted octanol–water partition coefficient (Wildman–Crippen LogP) is 2.54. The van der Waals surface area contributed by atoms with Crippen LogP contribution in [0.1, 0.15) is 25.8 Å². The van der Waals surface area contributed by atoms with Crippen LogP contribution in [0, 0.1) is 5.92 Å². The normalized spacial score (nSPS) is 13.1. The zero-order valence-electron chi connectivity index (χ0n) is 15.7. The summed E-state index contributed by atoms with van der Waals surface area (Å²) in [5.41, 5.74) is 0.615. The number of hydrogen-bond donors (Lipinski definition) is 2. The summed E-state index contributed by atoms with van der Waals surface area (Å²) in [6, 6.07) is 2.69. The molecule has 1 aliphatic heterocycles. The highest BCUT2D eigenvalue weighted by atomic mass is 35.5. The number of imide groups is 1. The molecule has 0 atom stereocenters. The second kappa shape index (κ2) is 10.6. The van der Waals surface area contributed by atoms with Crippen LogP contribution in [0.3, 0.4) is 0 Å². The van der Waals surface area contributed by atoms with Gasteiger partial charge in [0.2, 0.25) is 0 Å². The summed E-state index contributed by atoms with van der Waals surface area (Å²) < 4.78 is 15.9. The average Bonchev–Trinajstić information content (AvgIpc) is 2.89. The first-order valence-corrected chi connectivity index (χ1v) is 9.24. The molecule has 3 amide bonds. The van der Waals surface area contributed by atoms with Crippen LogP contribution in [0.2, 0.25) is 5.02 Å². The second-order valence-electron chi connectivity index (χ2n) is 6.47. The fourth-order valence-corrected chi connectivity index (χ4v) is 2.47. The van der Waals surface area contributed by atoms with Crippen LogP contribution < -0.4 is 20.1 Å². The molecule has 0 radical (unpaired) electrons. The highest BCUT2D eigenvalue weighted by Gasteiger charge is 2.15. The van der Waals surface area contributed by atoms with Gasteiger partial charge in [0, 0.05) is 19.0 Å². The molecule has 28 heavy (non-hydrogen) atoms. The van der Waals surface area contributed by atoms with E-state index in [2.05, 4.69) is 10.6 Å². The van der Waals surface area contributed by atoms with E-state index in [0.29, 0.717) is 41.8 Å². The van der Waals surface area contributed by atoms with Gasteiger partial charge in [0.05, 0.1) is 18.2 Å². The van der Waals surface area contributed by atoms with Gasteiger partial charge in [-0.1, -0.05) is 25.4 Å². The highest BCUT2D eigenvalue weighted by Crippen LogP contribution is 2.38. The lowest BCUT2D eigenvalue weighted by Gasteiger charge is -2.10. The third-order valence-corrected chi connectivity index (χ3v) is 3.79. The van der Waals surface area contributed by atoms with Crippen molar-refractivity contribution in [2.75, 3.05) is 26.4 Å². The molecular formula is C19H23ClN2O6. The molecule has 1 heterocycles. The third kappa shape index (κ3) is 7.11. The maximum absolute atomic E-state index is 11.8. The molecule has 1 aromatic rings. The summed E-state index contributed by atoms with van der Waals surface area (Å²) in [4.78, 5) is 34.8. The number of nitrogens with one attached hydrogen (secondary N) is 2. The lowest BCUT2D eigenvalue weighted by Crippen LogP contribution is -2.42. The van der Waals surface area contributed by atoms with E-state index in [9.17, 15) is 14.4 Å². The molecule has 8 nitrogen and oxygen atoms in total. The Labute approximate surface area is 168 Å². The predicted molar refractivity (Wildman–Crippen MR) is 103 cm³/mol. The number of hydrogen-bond acceptors (Lipinski definition) is 6. The Hall–Kier alpha value is -2.74. The topological polar surface area (TPSA) is 103 Å². The first kappa shape index (κ1) is 21.6. The summed E-state index contributed by atoms with van der Waals surface area (Å²) in [6.07, 6.45) is 3.39. The number of carbonyl (C=O) groups is 3. The van der Waals surface area contributed by atoms with Gasteiger partial charge in [-0.05, 0) is 29.7 Å². The van der Waals surface area contributed by atoms with Gasteiger partial charge in [-0.15, -0.1) is 0 Å². The van der Waals surface area contributed by atoms with Crippen molar-refractivity contribution in [2.24, 2.45) is 5.92 Å². The summed E-state index contributed by atoms with van der Waals surface area (Å²) in [5.74, 6) is -0.221. The number of fused-ring (bicyclic) bond motifs is 1. The Morgan fingerprint density at radius 3 is 2.75 bits per heavy atom. The average molecular weight is 411 g/mol. The maximum Gasteiger partial charge on any atom is 0.331 e. The summed E-state index contributed by atoms with van der Waals surface area (Å²) >= 11 is 6.19. The molecule has 1 aliphatic rings. The molecule has 0 aliphatic carbocycles. The van der Waals surface area contributed by atoms with Crippen molar-refractivity contribution in [1.82, 2.24) is 10.6 Å². The zero-order chi connectivity index (χ0) is 20.5. The number of carbonyl (C=O) groups excluding carboxylic acids is 3. The number of amides is 3. The molecular weight excluding hydrogens is 388 g/mol. The van der Waals surface area contributed by atoms with Crippen LogP contribution in [-0.2, 0) is 14.3 Å². The van der Waals surface area contributed by atoms with Crippen LogP contribution in [0.25, 0.3) is 6.08 Å². The Balaban J connectivity index is 1.83. The van der Waals surface area contributed by atoms with E-state index >= 15 is 0 Å². The number of benzene rings is 1. The quantitative estimate of drug-likeness (QED) is 0.551. The Kier molecular flexibility index (Phi) is 8.13. The first-order valence-electron chi connectivity index (χ1n) is 8.87. The minimum Gasteiger partial charge on any atom is -0.489 e. The number of ether oxygens (including phenoxy) is 3. The summed E-state index contributed by atoms with van der Waals surface area (Å²) in [6.45, 7) is 4.74. The molecule has 0 aromatic heterocycles. The Bertz CT molecular complexity index is 763. The van der Waals surface area contributed by atoms with Gasteiger partial charge in [-0.3, -0.25) is 10.1 Å². The third-order valence-electron chi connectivity index (χ3n) is 3.51. The fourth-order valence-electron chi connectivity index (χ4n) is 2.20. The minimum atomic E-state index is -0.735. The molecule has 1 aromatic carbocycles. The molecule has 0 saturated carbocycles. The van der Waals surface area contributed by atoms with Crippen LogP contribution >= 0.6 is 11.6 Å². The molecule has 0 saturated heterocycles.